The van der Waals surface area contributed by atoms with Gasteiger partial charge in [-0.25, -0.2) is 9.59 Å². The Bertz CT molecular complexity index is 684. The van der Waals surface area contributed by atoms with Gasteiger partial charge in [0.25, 0.3) is 5.91 Å². The maximum Gasteiger partial charge on any atom is 0.331 e. The number of para-hydroxylation sites is 1. The van der Waals surface area contributed by atoms with Crippen molar-refractivity contribution in [3.05, 3.63) is 41.4 Å². The number of hydrogen-bond acceptors (Lipinski definition) is 6. The van der Waals surface area contributed by atoms with E-state index in [4.69, 9.17) is 16.3 Å². The molecule has 2 rings (SSSR count). The zero-order valence-electron chi connectivity index (χ0n) is 14.5. The second kappa shape index (κ2) is 9.82. The number of benzene rings is 1. The van der Waals surface area contributed by atoms with Gasteiger partial charge in [-0.05, 0) is 19.1 Å². The third kappa shape index (κ3) is 5.77. The molecule has 1 saturated heterocycles. The van der Waals surface area contributed by atoms with Crippen molar-refractivity contribution in [2.75, 3.05) is 44.3 Å². The number of piperazine rings is 1. The van der Waals surface area contributed by atoms with Gasteiger partial charge in [0.2, 0.25) is 0 Å². The lowest BCUT2D eigenvalue weighted by atomic mass is 10.2. The second-order valence-corrected chi connectivity index (χ2v) is 5.92. The van der Waals surface area contributed by atoms with Gasteiger partial charge in [-0.3, -0.25) is 4.79 Å². The van der Waals surface area contributed by atoms with Crippen LogP contribution < -0.4 is 4.90 Å². The Morgan fingerprint density at radius 3 is 2.27 bits per heavy atom. The molecule has 0 bridgehead atoms. The highest BCUT2D eigenvalue weighted by atomic mass is 35.5. The van der Waals surface area contributed by atoms with Crippen LogP contribution in [0.5, 0.6) is 0 Å². The molecule has 0 N–H and O–H groups in total. The monoisotopic (exact) mass is 380 g/mol. The van der Waals surface area contributed by atoms with E-state index < -0.39 is 11.9 Å². The van der Waals surface area contributed by atoms with Gasteiger partial charge < -0.3 is 19.3 Å². The van der Waals surface area contributed by atoms with Gasteiger partial charge in [-0.2, -0.15) is 0 Å². The van der Waals surface area contributed by atoms with Crippen molar-refractivity contribution < 1.29 is 23.9 Å². The zero-order valence-corrected chi connectivity index (χ0v) is 15.3. The van der Waals surface area contributed by atoms with Crippen LogP contribution in [0.15, 0.2) is 36.4 Å². The van der Waals surface area contributed by atoms with E-state index >= 15 is 0 Å². The molecule has 1 aliphatic heterocycles. The Morgan fingerprint density at radius 1 is 1.04 bits per heavy atom. The van der Waals surface area contributed by atoms with Crippen molar-refractivity contribution in [2.45, 2.75) is 6.92 Å². The van der Waals surface area contributed by atoms with Crippen LogP contribution in [0.25, 0.3) is 0 Å². The lowest BCUT2D eigenvalue weighted by Gasteiger charge is -2.36. The van der Waals surface area contributed by atoms with E-state index in [1.165, 1.54) is 0 Å². The number of esters is 2. The summed E-state index contributed by atoms with van der Waals surface area (Å²) in [6.45, 7) is 3.84. The van der Waals surface area contributed by atoms with E-state index in [2.05, 4.69) is 9.64 Å². The normalized spacial score (nSPS) is 14.4. The Kier molecular flexibility index (Phi) is 7.47. The molecule has 7 nitrogen and oxygen atoms in total. The van der Waals surface area contributed by atoms with Crippen molar-refractivity contribution in [3.63, 3.8) is 0 Å². The number of amides is 1. The summed E-state index contributed by atoms with van der Waals surface area (Å²) in [5, 5.41) is 0.676. The maximum absolute atomic E-state index is 12.1. The molecule has 0 spiro atoms. The Balaban J connectivity index is 1.75. The molecule has 1 amide bonds. The first-order valence-corrected chi connectivity index (χ1v) is 8.68. The minimum absolute atomic E-state index is 0.219. The number of ether oxygens (including phenoxy) is 2. The highest BCUT2D eigenvalue weighted by Gasteiger charge is 2.22. The van der Waals surface area contributed by atoms with E-state index in [1.807, 2.05) is 24.3 Å². The van der Waals surface area contributed by atoms with Crippen LogP contribution in [0.3, 0.4) is 0 Å². The second-order valence-electron chi connectivity index (χ2n) is 5.51. The maximum atomic E-state index is 12.1. The molecule has 0 unspecified atom stereocenters. The van der Waals surface area contributed by atoms with Crippen LogP contribution in [0, 0.1) is 0 Å². The standard InChI is InChI=1S/C18H21ClN2O5/c1-2-25-17(23)7-8-18(24)26-13-16(22)21-11-9-20(10-12-21)15-6-4-3-5-14(15)19/h3-8H,2,9-13H2,1H3/b8-7+. The van der Waals surface area contributed by atoms with Crippen LogP contribution in [0.1, 0.15) is 6.92 Å². The molecule has 140 valence electrons. The van der Waals surface area contributed by atoms with Crippen LogP contribution in [0.4, 0.5) is 5.69 Å². The van der Waals surface area contributed by atoms with Crippen molar-refractivity contribution in [1.82, 2.24) is 4.90 Å². The van der Waals surface area contributed by atoms with Crippen LogP contribution in [0.2, 0.25) is 5.02 Å². The average molecular weight is 381 g/mol. The van der Waals surface area contributed by atoms with E-state index in [0.29, 0.717) is 31.2 Å². The zero-order chi connectivity index (χ0) is 18.9. The smallest absolute Gasteiger partial charge is 0.331 e. The van der Waals surface area contributed by atoms with Gasteiger partial charge >= 0.3 is 11.9 Å². The molecule has 1 aromatic carbocycles. The van der Waals surface area contributed by atoms with Gasteiger partial charge in [-0.15, -0.1) is 0 Å². The third-order valence-electron chi connectivity index (χ3n) is 3.81. The van der Waals surface area contributed by atoms with E-state index in [9.17, 15) is 14.4 Å². The fourth-order valence-electron chi connectivity index (χ4n) is 2.50. The van der Waals surface area contributed by atoms with Crippen LogP contribution in [-0.2, 0) is 23.9 Å². The summed E-state index contributed by atoms with van der Waals surface area (Å²) >= 11 is 6.19. The Labute approximate surface area is 157 Å². The minimum atomic E-state index is -0.763. The van der Waals surface area contributed by atoms with Gasteiger partial charge in [0, 0.05) is 38.3 Å². The van der Waals surface area contributed by atoms with Gasteiger partial charge in [0.05, 0.1) is 17.3 Å². The van der Waals surface area contributed by atoms with Crippen LogP contribution in [-0.4, -0.2) is 62.1 Å². The highest BCUT2D eigenvalue weighted by molar-refractivity contribution is 6.33. The Hall–Kier alpha value is -2.54. The van der Waals surface area contributed by atoms with Crippen molar-refractivity contribution in [2.24, 2.45) is 0 Å². The van der Waals surface area contributed by atoms with Gasteiger partial charge in [0.15, 0.2) is 6.61 Å². The largest absolute Gasteiger partial charge is 0.463 e. The lowest BCUT2D eigenvalue weighted by molar-refractivity contribution is -0.148. The van der Waals surface area contributed by atoms with E-state index in [0.717, 1.165) is 17.8 Å². The van der Waals surface area contributed by atoms with Crippen molar-refractivity contribution >= 4 is 35.1 Å². The predicted octanol–water partition coefficient (Wildman–Crippen LogP) is 1.65. The summed E-state index contributed by atoms with van der Waals surface area (Å²) in [6, 6.07) is 7.56. The summed E-state index contributed by atoms with van der Waals surface area (Å²) in [5.41, 5.74) is 0.941. The lowest BCUT2D eigenvalue weighted by Crippen LogP contribution is -2.50. The number of rotatable bonds is 6. The quantitative estimate of drug-likeness (QED) is 0.551. The topological polar surface area (TPSA) is 76.2 Å². The number of carbonyl (C=O) groups excluding carboxylic acids is 3. The molecule has 0 aliphatic carbocycles. The number of hydrogen-bond donors (Lipinski definition) is 0. The molecule has 1 aliphatic rings. The molecule has 0 radical (unpaired) electrons. The fraction of sp³-hybridized carbons (Fsp3) is 0.389. The van der Waals surface area contributed by atoms with Crippen molar-refractivity contribution in [1.29, 1.82) is 0 Å². The molecular formula is C18H21ClN2O5. The molecule has 1 fully saturated rings. The molecule has 0 saturated carbocycles. The minimum Gasteiger partial charge on any atom is -0.463 e. The fourth-order valence-corrected chi connectivity index (χ4v) is 2.76. The predicted molar refractivity (Wildman–Crippen MR) is 97.0 cm³/mol. The first kappa shape index (κ1) is 19.8. The molecule has 26 heavy (non-hydrogen) atoms. The SMILES string of the molecule is CCOC(=O)/C=C/C(=O)OCC(=O)N1CCN(c2ccccc2Cl)CC1. The molecule has 0 atom stereocenters. The number of anilines is 1. The van der Waals surface area contributed by atoms with Gasteiger partial charge in [-0.1, -0.05) is 23.7 Å². The highest BCUT2D eigenvalue weighted by Crippen LogP contribution is 2.25. The molecule has 0 aromatic heterocycles. The molecule has 1 aromatic rings. The average Bonchev–Trinajstić information content (AvgIpc) is 2.65. The number of halogens is 1. The first-order chi connectivity index (χ1) is 12.5. The first-order valence-electron chi connectivity index (χ1n) is 8.30. The molecule has 1 heterocycles. The number of carbonyl (C=O) groups is 3. The molecular weight excluding hydrogens is 360 g/mol. The Morgan fingerprint density at radius 2 is 1.65 bits per heavy atom. The summed E-state index contributed by atoms with van der Waals surface area (Å²) in [6.07, 6.45) is 1.92. The van der Waals surface area contributed by atoms with Crippen molar-refractivity contribution in [3.8, 4) is 0 Å². The third-order valence-corrected chi connectivity index (χ3v) is 4.13. The van der Waals surface area contributed by atoms with Crippen LogP contribution >= 0.6 is 11.6 Å². The van der Waals surface area contributed by atoms with E-state index in [-0.39, 0.29) is 19.1 Å². The summed E-state index contributed by atoms with van der Waals surface area (Å²) in [4.78, 5) is 38.5. The van der Waals surface area contributed by atoms with Gasteiger partial charge in [0.1, 0.15) is 0 Å². The summed E-state index contributed by atoms with van der Waals surface area (Å²) in [7, 11) is 0. The molecule has 8 heteroatoms. The van der Waals surface area contributed by atoms with E-state index in [1.54, 1.807) is 11.8 Å². The summed E-state index contributed by atoms with van der Waals surface area (Å²) in [5.74, 6) is -1.67. The number of nitrogens with zero attached hydrogens (tertiary/aromatic N) is 2. The summed E-state index contributed by atoms with van der Waals surface area (Å²) < 4.78 is 9.50.